The van der Waals surface area contributed by atoms with Crippen molar-refractivity contribution in [3.8, 4) is 0 Å². The first-order valence-electron chi connectivity index (χ1n) is 7.51. The third-order valence-corrected chi connectivity index (χ3v) is 5.03. The van der Waals surface area contributed by atoms with Crippen molar-refractivity contribution in [2.75, 3.05) is 7.05 Å². The van der Waals surface area contributed by atoms with Crippen LogP contribution < -0.4 is 5.32 Å². The Labute approximate surface area is 107 Å². The molecule has 0 bridgehead atoms. The first-order valence-corrected chi connectivity index (χ1v) is 7.51. The number of nitrogens with one attached hydrogen (secondary N) is 1. The van der Waals surface area contributed by atoms with Crippen LogP contribution in [0.4, 0.5) is 0 Å². The van der Waals surface area contributed by atoms with Crippen molar-refractivity contribution in [1.29, 1.82) is 0 Å². The van der Waals surface area contributed by atoms with Crippen LogP contribution in [0.5, 0.6) is 0 Å². The van der Waals surface area contributed by atoms with Crippen LogP contribution in [-0.2, 0) is 0 Å². The summed E-state index contributed by atoms with van der Waals surface area (Å²) in [4.78, 5) is 0. The number of likely N-dealkylation sites (N-methyl/N-ethyl adjacent to an activating group) is 1. The summed E-state index contributed by atoms with van der Waals surface area (Å²) in [6.45, 7) is 4.93. The van der Waals surface area contributed by atoms with Crippen LogP contribution in [-0.4, -0.2) is 13.1 Å². The molecule has 0 spiro atoms. The summed E-state index contributed by atoms with van der Waals surface area (Å²) in [5, 5.41) is 3.63. The summed E-state index contributed by atoms with van der Waals surface area (Å²) in [6.07, 6.45) is 13.6. The van der Waals surface area contributed by atoms with Gasteiger partial charge in [0.15, 0.2) is 0 Å². The molecule has 0 aromatic rings. The van der Waals surface area contributed by atoms with Crippen molar-refractivity contribution in [3.63, 3.8) is 0 Å². The van der Waals surface area contributed by atoms with Crippen LogP contribution in [0.1, 0.15) is 65.2 Å². The van der Waals surface area contributed by atoms with Gasteiger partial charge in [-0.05, 0) is 56.9 Å². The quantitative estimate of drug-likeness (QED) is 0.720. The van der Waals surface area contributed by atoms with Crippen molar-refractivity contribution in [2.24, 2.45) is 11.3 Å². The minimum absolute atomic E-state index is 0.529. The lowest BCUT2D eigenvalue weighted by Crippen LogP contribution is -2.40. The largest absolute Gasteiger partial charge is 0.313 e. The minimum Gasteiger partial charge on any atom is -0.313 e. The average molecular weight is 235 g/mol. The highest BCUT2D eigenvalue weighted by molar-refractivity contribution is 5.16. The Morgan fingerprint density at radius 3 is 2.71 bits per heavy atom. The highest BCUT2D eigenvalue weighted by Gasteiger charge is 2.39. The molecule has 1 fully saturated rings. The van der Waals surface area contributed by atoms with Gasteiger partial charge in [-0.1, -0.05) is 38.3 Å². The molecule has 0 heterocycles. The van der Waals surface area contributed by atoms with E-state index in [0.717, 1.165) is 5.92 Å². The molecule has 0 aromatic heterocycles. The molecule has 2 aliphatic rings. The van der Waals surface area contributed by atoms with E-state index in [2.05, 4.69) is 32.3 Å². The van der Waals surface area contributed by atoms with Gasteiger partial charge in [0, 0.05) is 6.04 Å². The second-order valence-electron chi connectivity index (χ2n) is 6.63. The summed E-state index contributed by atoms with van der Waals surface area (Å²) in [5.41, 5.74) is 2.24. The highest BCUT2D eigenvalue weighted by atomic mass is 14.9. The molecule has 1 N–H and O–H groups in total. The lowest BCUT2D eigenvalue weighted by atomic mass is 9.74. The van der Waals surface area contributed by atoms with E-state index < -0.39 is 0 Å². The fourth-order valence-electron chi connectivity index (χ4n) is 3.94. The zero-order chi connectivity index (χ0) is 12.3. The van der Waals surface area contributed by atoms with Crippen LogP contribution in [0.25, 0.3) is 0 Å². The number of rotatable bonds is 3. The Kier molecular flexibility index (Phi) is 4.30. The van der Waals surface area contributed by atoms with Gasteiger partial charge in [-0.25, -0.2) is 0 Å². The first-order chi connectivity index (χ1) is 8.15. The summed E-state index contributed by atoms with van der Waals surface area (Å²) in [5.74, 6) is 0.844. The molecule has 2 unspecified atom stereocenters. The molecule has 0 amide bonds. The molecule has 1 saturated carbocycles. The fourth-order valence-corrected chi connectivity index (χ4v) is 3.94. The molecule has 2 aliphatic carbocycles. The molecule has 0 saturated heterocycles. The van der Waals surface area contributed by atoms with E-state index in [9.17, 15) is 0 Å². The van der Waals surface area contributed by atoms with Gasteiger partial charge in [0.2, 0.25) is 0 Å². The lowest BCUT2D eigenvalue weighted by Gasteiger charge is -2.35. The van der Waals surface area contributed by atoms with Crippen molar-refractivity contribution >= 4 is 0 Å². The van der Waals surface area contributed by atoms with Crippen LogP contribution in [0, 0.1) is 11.3 Å². The van der Waals surface area contributed by atoms with Gasteiger partial charge in [0.25, 0.3) is 0 Å². The monoisotopic (exact) mass is 235 g/mol. The molecule has 0 radical (unpaired) electrons. The Morgan fingerprint density at radius 1 is 1.24 bits per heavy atom. The van der Waals surface area contributed by atoms with E-state index in [1.54, 1.807) is 5.57 Å². The third-order valence-electron chi connectivity index (χ3n) is 5.03. The first kappa shape index (κ1) is 13.1. The summed E-state index contributed by atoms with van der Waals surface area (Å²) < 4.78 is 0. The molecule has 1 heteroatoms. The summed E-state index contributed by atoms with van der Waals surface area (Å²) >= 11 is 0. The third kappa shape index (κ3) is 2.93. The summed E-state index contributed by atoms with van der Waals surface area (Å²) in [7, 11) is 2.16. The summed E-state index contributed by atoms with van der Waals surface area (Å²) in [6, 6.07) is 0.644. The maximum absolute atomic E-state index is 3.63. The van der Waals surface area contributed by atoms with E-state index in [-0.39, 0.29) is 0 Å². The molecule has 98 valence electrons. The molecular formula is C16H29N. The smallest absolute Gasteiger partial charge is 0.0310 e. The van der Waals surface area contributed by atoms with Crippen molar-refractivity contribution < 1.29 is 0 Å². The molecule has 17 heavy (non-hydrogen) atoms. The van der Waals surface area contributed by atoms with E-state index in [0.29, 0.717) is 11.5 Å². The Morgan fingerprint density at radius 2 is 2.06 bits per heavy atom. The van der Waals surface area contributed by atoms with Crippen LogP contribution in [0.3, 0.4) is 0 Å². The highest BCUT2D eigenvalue weighted by Crippen LogP contribution is 2.46. The average Bonchev–Trinajstić information content (AvgIpc) is 2.55. The second kappa shape index (κ2) is 5.56. The lowest BCUT2D eigenvalue weighted by molar-refractivity contribution is 0.217. The number of allylic oxidation sites excluding steroid dienone is 1. The maximum Gasteiger partial charge on any atom is 0.0310 e. The molecule has 0 aliphatic heterocycles. The zero-order valence-corrected chi connectivity index (χ0v) is 11.9. The van der Waals surface area contributed by atoms with E-state index in [1.165, 1.54) is 51.4 Å². The van der Waals surface area contributed by atoms with Crippen molar-refractivity contribution in [2.45, 2.75) is 71.3 Å². The number of hydrogen-bond donors (Lipinski definition) is 1. The van der Waals surface area contributed by atoms with Crippen molar-refractivity contribution in [3.05, 3.63) is 11.6 Å². The van der Waals surface area contributed by atoms with Crippen LogP contribution in [0.15, 0.2) is 11.6 Å². The molecular weight excluding hydrogens is 206 g/mol. The predicted molar refractivity (Wildman–Crippen MR) is 75.1 cm³/mol. The van der Waals surface area contributed by atoms with Crippen molar-refractivity contribution in [1.82, 2.24) is 5.32 Å². The SMILES string of the molecule is CNC(C1=CCCCCC1)C1CCCC1(C)C. The van der Waals surface area contributed by atoms with E-state index in [4.69, 9.17) is 0 Å². The van der Waals surface area contributed by atoms with Gasteiger partial charge in [0.05, 0.1) is 0 Å². The molecule has 2 atom stereocenters. The second-order valence-corrected chi connectivity index (χ2v) is 6.63. The topological polar surface area (TPSA) is 12.0 Å². The van der Waals surface area contributed by atoms with Gasteiger partial charge >= 0.3 is 0 Å². The Hall–Kier alpha value is -0.300. The minimum atomic E-state index is 0.529. The van der Waals surface area contributed by atoms with Crippen LogP contribution >= 0.6 is 0 Å². The normalized spacial score (nSPS) is 30.8. The maximum atomic E-state index is 3.63. The molecule has 1 nitrogen and oxygen atoms in total. The van der Waals surface area contributed by atoms with Crippen LogP contribution in [0.2, 0.25) is 0 Å². The van der Waals surface area contributed by atoms with Gasteiger partial charge in [-0.15, -0.1) is 0 Å². The number of hydrogen-bond acceptors (Lipinski definition) is 1. The van der Waals surface area contributed by atoms with Gasteiger partial charge in [-0.3, -0.25) is 0 Å². The Balaban J connectivity index is 2.12. The predicted octanol–water partition coefficient (Wildman–Crippen LogP) is 4.29. The molecule has 0 aromatic carbocycles. The van der Waals surface area contributed by atoms with E-state index in [1.807, 2.05) is 0 Å². The molecule has 2 rings (SSSR count). The standard InChI is InChI=1S/C16H29N/c1-16(2)12-8-11-14(16)15(17-3)13-9-6-4-5-7-10-13/h9,14-15,17H,4-8,10-12H2,1-3H3. The van der Waals surface area contributed by atoms with E-state index >= 15 is 0 Å². The van der Waals surface area contributed by atoms with Gasteiger partial charge in [-0.2, -0.15) is 0 Å². The zero-order valence-electron chi connectivity index (χ0n) is 11.9. The fraction of sp³-hybridized carbons (Fsp3) is 0.875. The Bertz CT molecular complexity index is 277. The van der Waals surface area contributed by atoms with Gasteiger partial charge in [0.1, 0.15) is 0 Å². The van der Waals surface area contributed by atoms with Gasteiger partial charge < -0.3 is 5.32 Å².